The minimum absolute atomic E-state index is 0.0370. The van der Waals surface area contributed by atoms with E-state index in [0.717, 1.165) is 0 Å². The largest absolute Gasteiger partial charge is 0.309 e. The highest BCUT2D eigenvalue weighted by molar-refractivity contribution is 5.96. The molecule has 15 heavy (non-hydrogen) atoms. The Balaban J connectivity index is 2.29. The zero-order valence-corrected chi connectivity index (χ0v) is 8.32. The minimum Gasteiger partial charge on any atom is -0.309 e. The van der Waals surface area contributed by atoms with Crippen LogP contribution in [0.15, 0.2) is 36.9 Å². The average molecular weight is 205 g/mol. The van der Waals surface area contributed by atoms with E-state index >= 15 is 0 Å². The summed E-state index contributed by atoms with van der Waals surface area (Å²) in [7, 11) is 0. The van der Waals surface area contributed by atoms with Gasteiger partial charge in [-0.25, -0.2) is 4.39 Å². The Labute approximate surface area is 88.0 Å². The second-order valence-corrected chi connectivity index (χ2v) is 3.66. The molecule has 0 saturated carbocycles. The van der Waals surface area contributed by atoms with E-state index in [1.807, 2.05) is 0 Å². The van der Waals surface area contributed by atoms with Gasteiger partial charge >= 0.3 is 0 Å². The topological polar surface area (TPSA) is 20.3 Å². The number of carbonyl (C=O) groups excluding carboxylic acids is 1. The second-order valence-electron chi connectivity index (χ2n) is 3.66. The average Bonchev–Trinajstić information content (AvgIpc) is 2.60. The molecule has 3 heteroatoms. The van der Waals surface area contributed by atoms with Crippen molar-refractivity contribution in [3.05, 3.63) is 42.7 Å². The highest BCUT2D eigenvalue weighted by Gasteiger charge is 2.29. The Morgan fingerprint density at radius 1 is 1.47 bits per heavy atom. The Bertz CT molecular complexity index is 402. The van der Waals surface area contributed by atoms with Crippen molar-refractivity contribution >= 4 is 11.6 Å². The quantitative estimate of drug-likeness (QED) is 0.679. The van der Waals surface area contributed by atoms with Crippen molar-refractivity contribution in [2.75, 3.05) is 11.4 Å². The van der Waals surface area contributed by atoms with Gasteiger partial charge in [-0.1, -0.05) is 18.2 Å². The zero-order valence-electron chi connectivity index (χ0n) is 8.32. The molecular weight excluding hydrogens is 193 g/mol. The summed E-state index contributed by atoms with van der Waals surface area (Å²) in [4.78, 5) is 13.1. The molecule has 1 amide bonds. The van der Waals surface area contributed by atoms with Crippen LogP contribution in [0.2, 0.25) is 0 Å². The molecule has 0 aliphatic carbocycles. The fourth-order valence-corrected chi connectivity index (χ4v) is 1.80. The van der Waals surface area contributed by atoms with Crippen molar-refractivity contribution in [3.8, 4) is 0 Å². The highest BCUT2D eigenvalue weighted by Crippen LogP contribution is 2.27. The number of nitrogens with zero attached hydrogens (tertiary/aromatic N) is 1. The van der Waals surface area contributed by atoms with Crippen molar-refractivity contribution in [2.45, 2.75) is 6.42 Å². The summed E-state index contributed by atoms with van der Waals surface area (Å²) in [6.07, 6.45) is 2.18. The van der Waals surface area contributed by atoms with Gasteiger partial charge in [0.05, 0.1) is 5.69 Å². The number of benzene rings is 1. The molecule has 1 heterocycles. The second kappa shape index (κ2) is 3.85. The summed E-state index contributed by atoms with van der Waals surface area (Å²) in [5, 5.41) is 0. The van der Waals surface area contributed by atoms with Crippen molar-refractivity contribution in [1.29, 1.82) is 0 Å². The lowest BCUT2D eigenvalue weighted by atomic mass is 10.1. The molecule has 1 fully saturated rings. The minimum atomic E-state index is -0.351. The molecule has 2 nitrogen and oxygen atoms in total. The van der Waals surface area contributed by atoms with Gasteiger partial charge in [-0.15, -0.1) is 6.58 Å². The maximum Gasteiger partial charge on any atom is 0.227 e. The fourth-order valence-electron chi connectivity index (χ4n) is 1.80. The van der Waals surface area contributed by atoms with E-state index in [2.05, 4.69) is 6.58 Å². The van der Waals surface area contributed by atoms with Crippen molar-refractivity contribution < 1.29 is 9.18 Å². The van der Waals surface area contributed by atoms with E-state index in [-0.39, 0.29) is 17.6 Å². The van der Waals surface area contributed by atoms with Crippen LogP contribution in [-0.2, 0) is 4.79 Å². The predicted octanol–water partition coefficient (Wildman–Crippen LogP) is 2.36. The van der Waals surface area contributed by atoms with E-state index in [1.165, 1.54) is 11.0 Å². The summed E-state index contributed by atoms with van der Waals surface area (Å²) < 4.78 is 13.4. The maximum atomic E-state index is 13.4. The number of rotatable bonds is 2. The van der Waals surface area contributed by atoms with Crippen LogP contribution < -0.4 is 4.90 Å². The van der Waals surface area contributed by atoms with Gasteiger partial charge in [0.1, 0.15) is 5.82 Å². The molecule has 0 N–H and O–H groups in total. The van der Waals surface area contributed by atoms with Gasteiger partial charge in [-0.3, -0.25) is 4.79 Å². The Morgan fingerprint density at radius 3 is 2.80 bits per heavy atom. The smallest absolute Gasteiger partial charge is 0.227 e. The molecule has 78 valence electrons. The number of anilines is 1. The molecule has 0 aromatic heterocycles. The van der Waals surface area contributed by atoms with Crippen LogP contribution in [0.5, 0.6) is 0 Å². The maximum absolute atomic E-state index is 13.4. The Kier molecular flexibility index (Phi) is 2.54. The van der Waals surface area contributed by atoms with Gasteiger partial charge < -0.3 is 4.90 Å². The molecule has 1 saturated heterocycles. The Hall–Kier alpha value is -1.64. The van der Waals surface area contributed by atoms with E-state index in [9.17, 15) is 9.18 Å². The van der Waals surface area contributed by atoms with E-state index < -0.39 is 0 Å². The van der Waals surface area contributed by atoms with Gasteiger partial charge in [-0.05, 0) is 12.1 Å². The SMILES string of the molecule is C=CC1CC(=O)N(c2ccccc2F)C1. The van der Waals surface area contributed by atoms with Crippen LogP contribution >= 0.6 is 0 Å². The highest BCUT2D eigenvalue weighted by atomic mass is 19.1. The number of amides is 1. The summed E-state index contributed by atoms with van der Waals surface area (Å²) >= 11 is 0. The number of hydrogen-bond acceptors (Lipinski definition) is 1. The first kappa shape index (κ1) is 9.90. The molecule has 1 aromatic rings. The number of para-hydroxylation sites is 1. The van der Waals surface area contributed by atoms with Crippen molar-refractivity contribution in [3.63, 3.8) is 0 Å². The van der Waals surface area contributed by atoms with Crippen LogP contribution in [0.3, 0.4) is 0 Å². The van der Waals surface area contributed by atoms with Gasteiger partial charge in [0.2, 0.25) is 5.91 Å². The molecule has 1 atom stereocenters. The summed E-state index contributed by atoms with van der Waals surface area (Å²) in [6.45, 7) is 4.19. The lowest BCUT2D eigenvalue weighted by molar-refractivity contribution is -0.117. The normalized spacial score (nSPS) is 20.7. The lowest BCUT2D eigenvalue weighted by Crippen LogP contribution is -2.25. The third-order valence-corrected chi connectivity index (χ3v) is 2.63. The summed E-state index contributed by atoms with van der Waals surface area (Å²) in [6, 6.07) is 6.33. The molecule has 1 unspecified atom stereocenters. The molecule has 1 aliphatic heterocycles. The van der Waals surface area contributed by atoms with Crippen molar-refractivity contribution in [1.82, 2.24) is 0 Å². The molecule has 0 spiro atoms. The van der Waals surface area contributed by atoms with Crippen LogP contribution in [-0.4, -0.2) is 12.5 Å². The van der Waals surface area contributed by atoms with Crippen LogP contribution in [0.25, 0.3) is 0 Å². The molecule has 0 bridgehead atoms. The standard InChI is InChI=1S/C12H12FNO/c1-2-9-7-12(15)14(8-9)11-6-4-3-5-10(11)13/h2-6,9H,1,7-8H2. The number of halogens is 1. The monoisotopic (exact) mass is 205 g/mol. The first-order valence-electron chi connectivity index (χ1n) is 4.90. The van der Waals surface area contributed by atoms with E-state index in [4.69, 9.17) is 0 Å². The first-order chi connectivity index (χ1) is 7.22. The summed E-state index contributed by atoms with van der Waals surface area (Å²) in [5.74, 6) is -0.252. The van der Waals surface area contributed by atoms with Crippen molar-refractivity contribution in [2.24, 2.45) is 5.92 Å². The van der Waals surface area contributed by atoms with Crippen LogP contribution in [0.1, 0.15) is 6.42 Å². The first-order valence-corrected chi connectivity index (χ1v) is 4.90. The Morgan fingerprint density at radius 2 is 2.20 bits per heavy atom. The van der Waals surface area contributed by atoms with Gasteiger partial charge in [0.25, 0.3) is 0 Å². The zero-order chi connectivity index (χ0) is 10.8. The third kappa shape index (κ3) is 1.77. The predicted molar refractivity (Wildman–Crippen MR) is 57.1 cm³/mol. The molecular formula is C12H12FNO. The summed E-state index contributed by atoms with van der Waals surface area (Å²) in [5.41, 5.74) is 0.367. The fraction of sp³-hybridized carbons (Fsp3) is 0.250. The third-order valence-electron chi connectivity index (χ3n) is 2.63. The van der Waals surface area contributed by atoms with Gasteiger partial charge in [-0.2, -0.15) is 0 Å². The van der Waals surface area contributed by atoms with E-state index in [1.54, 1.807) is 24.3 Å². The number of carbonyl (C=O) groups is 1. The lowest BCUT2D eigenvalue weighted by Gasteiger charge is -2.16. The molecule has 1 aliphatic rings. The van der Waals surface area contributed by atoms with Crippen LogP contribution in [0.4, 0.5) is 10.1 Å². The molecule has 1 aromatic carbocycles. The van der Waals surface area contributed by atoms with Crippen LogP contribution in [0, 0.1) is 11.7 Å². The van der Waals surface area contributed by atoms with Gasteiger partial charge in [0, 0.05) is 18.9 Å². The number of hydrogen-bond donors (Lipinski definition) is 0. The van der Waals surface area contributed by atoms with Gasteiger partial charge in [0.15, 0.2) is 0 Å². The van der Waals surface area contributed by atoms with E-state index in [0.29, 0.717) is 18.7 Å². The molecule has 2 rings (SSSR count). The molecule has 0 radical (unpaired) electrons.